The third kappa shape index (κ3) is 6.20. The lowest BCUT2D eigenvalue weighted by molar-refractivity contribution is -0.114. The topological polar surface area (TPSA) is 247 Å². The summed E-state index contributed by atoms with van der Waals surface area (Å²) in [5.74, 6) is -0.575. The molecule has 0 atom stereocenters. The minimum absolute atomic E-state index is 0.0201. The van der Waals surface area contributed by atoms with Gasteiger partial charge in [0.25, 0.3) is 40.5 Å². The first-order valence-electron chi connectivity index (χ1n) is 11.2. The second-order valence-corrected chi connectivity index (χ2v) is 14.3. The van der Waals surface area contributed by atoms with E-state index in [1.165, 1.54) is 30.3 Å². The lowest BCUT2D eigenvalue weighted by Gasteiger charge is -2.16. The Bertz CT molecular complexity index is 2240. The molecule has 0 bridgehead atoms. The quantitative estimate of drug-likeness (QED) is 0.180. The zero-order chi connectivity index (χ0) is 31.4. The van der Waals surface area contributed by atoms with Crippen LogP contribution in [0.15, 0.2) is 86.3 Å². The van der Waals surface area contributed by atoms with E-state index in [-0.39, 0.29) is 33.2 Å². The van der Waals surface area contributed by atoms with Crippen LogP contribution in [-0.2, 0) is 45.3 Å². The first kappa shape index (κ1) is 31.2. The van der Waals surface area contributed by atoms with Gasteiger partial charge in [-0.3, -0.25) is 23.0 Å². The Hall–Kier alpha value is -3.75. The summed E-state index contributed by atoms with van der Waals surface area (Å²) in [6.45, 7) is 1.16. The van der Waals surface area contributed by atoms with Crippen LogP contribution in [0.4, 0.5) is 5.69 Å². The first-order chi connectivity index (χ1) is 19.2. The van der Waals surface area contributed by atoms with Crippen molar-refractivity contribution in [3.05, 3.63) is 66.7 Å². The number of hydrogen-bond acceptors (Lipinski definition) is 9. The van der Waals surface area contributed by atoms with E-state index in [9.17, 15) is 56.7 Å². The summed E-state index contributed by atoms with van der Waals surface area (Å²) in [6, 6.07) is 12.5. The van der Waals surface area contributed by atoms with E-state index in [4.69, 9.17) is 0 Å². The molecule has 4 aromatic carbocycles. The summed E-state index contributed by atoms with van der Waals surface area (Å²) in [6.07, 6.45) is 0. The van der Waals surface area contributed by atoms with Crippen LogP contribution < -0.4 is 5.32 Å². The lowest BCUT2D eigenvalue weighted by atomic mass is 9.96. The Labute approximate surface area is 239 Å². The largest absolute Gasteiger partial charge is 0.326 e. The fraction of sp³-hybridized carbons (Fsp3) is 0.0417. The number of rotatable bonds is 7. The van der Waals surface area contributed by atoms with E-state index in [0.717, 1.165) is 43.3 Å². The summed E-state index contributed by atoms with van der Waals surface area (Å²) in [5, 5.41) is 2.95. The Morgan fingerprint density at radius 3 is 1.48 bits per heavy atom. The smallest absolute Gasteiger partial charge is 0.296 e. The maximum absolute atomic E-state index is 12.3. The van der Waals surface area contributed by atoms with Crippen LogP contribution in [0.25, 0.3) is 33.0 Å². The van der Waals surface area contributed by atoms with Crippen molar-refractivity contribution in [3.8, 4) is 22.3 Å². The van der Waals surface area contributed by atoms with Crippen LogP contribution in [0.3, 0.4) is 0 Å². The van der Waals surface area contributed by atoms with Gasteiger partial charge in [0.15, 0.2) is 0 Å². The summed E-state index contributed by atoms with van der Waals surface area (Å²) in [7, 11) is -20.8. The molecule has 1 amide bonds. The number of carbonyl (C=O) groups excluding carboxylic acids is 1. The van der Waals surface area contributed by atoms with Crippen LogP contribution in [-0.4, -0.2) is 57.8 Å². The number of fused-ring (bicyclic) bond motifs is 1. The fourth-order valence-corrected chi connectivity index (χ4v) is 8.44. The molecule has 0 aliphatic rings. The van der Waals surface area contributed by atoms with E-state index in [0.29, 0.717) is 0 Å². The average molecular weight is 658 g/mol. The van der Waals surface area contributed by atoms with Gasteiger partial charge in [0, 0.05) is 29.1 Å². The van der Waals surface area contributed by atoms with E-state index in [1.54, 1.807) is 0 Å². The molecule has 18 heteroatoms. The van der Waals surface area contributed by atoms with Crippen LogP contribution in [0.1, 0.15) is 6.92 Å². The third-order valence-corrected chi connectivity index (χ3v) is 9.88. The van der Waals surface area contributed by atoms with Crippen molar-refractivity contribution < 1.29 is 56.7 Å². The molecule has 5 N–H and O–H groups in total. The molecule has 4 aromatic rings. The van der Waals surface area contributed by atoms with Crippen molar-refractivity contribution in [3.63, 3.8) is 0 Å². The standard InChI is InChI=1S/C24H19NO13S4/c1-13(26)25-20-12-16(19-5-3-7-22(40(30,31)32)24(19)42(36,37)38)11-15-10-14(8-9-17(15)20)18-4-2-6-21(39(27,28)29)23(18)41(33,34)35/h2-12H,1H3,(H,25,26)(H,27,28,29)(H,30,31,32)(H,33,34,35)(H,36,37,38). The molecule has 0 spiro atoms. The molecule has 14 nitrogen and oxygen atoms in total. The van der Waals surface area contributed by atoms with Crippen molar-refractivity contribution >= 4 is 62.8 Å². The SMILES string of the molecule is CC(=O)Nc1cc(-c2cccc(S(=O)(=O)O)c2S(=O)(=O)O)cc2cc(-c3cccc(S(=O)(=O)O)c3S(=O)(=O)O)ccc12. The lowest BCUT2D eigenvalue weighted by Crippen LogP contribution is -2.11. The molecule has 0 aliphatic heterocycles. The van der Waals surface area contributed by atoms with Gasteiger partial charge in [-0.15, -0.1) is 0 Å². The van der Waals surface area contributed by atoms with Crippen molar-refractivity contribution in [1.29, 1.82) is 0 Å². The van der Waals surface area contributed by atoms with Crippen LogP contribution >= 0.6 is 0 Å². The summed E-state index contributed by atoms with van der Waals surface area (Å²) in [4.78, 5) is 7.44. The minimum atomic E-state index is -5.28. The van der Waals surface area contributed by atoms with Gasteiger partial charge in [-0.1, -0.05) is 36.4 Å². The maximum Gasteiger partial charge on any atom is 0.296 e. The second-order valence-electron chi connectivity index (χ2n) is 8.81. The predicted molar refractivity (Wildman–Crippen MR) is 148 cm³/mol. The molecular formula is C24H19NO13S4. The van der Waals surface area contributed by atoms with E-state index in [1.807, 2.05) is 0 Å². The van der Waals surface area contributed by atoms with Crippen molar-refractivity contribution in [2.75, 3.05) is 5.32 Å². The van der Waals surface area contributed by atoms with Crippen molar-refractivity contribution in [2.45, 2.75) is 26.5 Å². The average Bonchev–Trinajstić information content (AvgIpc) is 2.85. The van der Waals surface area contributed by atoms with Gasteiger partial charge in [0.05, 0.1) is 0 Å². The van der Waals surface area contributed by atoms with Crippen LogP contribution in [0.5, 0.6) is 0 Å². The highest BCUT2D eigenvalue weighted by atomic mass is 32.2. The maximum atomic E-state index is 12.3. The molecule has 42 heavy (non-hydrogen) atoms. The van der Waals surface area contributed by atoms with Crippen LogP contribution in [0.2, 0.25) is 0 Å². The Morgan fingerprint density at radius 2 is 1.05 bits per heavy atom. The van der Waals surface area contributed by atoms with Gasteiger partial charge in [-0.2, -0.15) is 33.7 Å². The number of benzene rings is 4. The highest BCUT2D eigenvalue weighted by Crippen LogP contribution is 2.39. The minimum Gasteiger partial charge on any atom is -0.326 e. The molecule has 0 saturated heterocycles. The number of anilines is 1. The zero-order valence-corrected chi connectivity index (χ0v) is 24.2. The predicted octanol–water partition coefficient (Wildman–Crippen LogP) is 3.12. The van der Waals surface area contributed by atoms with Gasteiger partial charge in [-0.25, -0.2) is 0 Å². The Morgan fingerprint density at radius 1 is 0.595 bits per heavy atom. The number of carbonyl (C=O) groups is 1. The highest BCUT2D eigenvalue weighted by Gasteiger charge is 2.29. The Kier molecular flexibility index (Phi) is 7.80. The normalized spacial score (nSPS) is 12.8. The second kappa shape index (κ2) is 10.5. The number of hydrogen-bond donors (Lipinski definition) is 5. The molecule has 0 radical (unpaired) electrons. The number of amides is 1. The molecule has 0 aromatic heterocycles. The van der Waals surface area contributed by atoms with E-state index >= 15 is 0 Å². The zero-order valence-electron chi connectivity index (χ0n) is 20.9. The summed E-state index contributed by atoms with van der Waals surface area (Å²) >= 11 is 0. The van der Waals surface area contributed by atoms with Gasteiger partial charge in [-0.05, 0) is 46.8 Å². The monoisotopic (exact) mass is 657 g/mol. The van der Waals surface area contributed by atoms with Crippen LogP contribution in [0, 0.1) is 0 Å². The van der Waals surface area contributed by atoms with Gasteiger partial charge in [0.1, 0.15) is 19.6 Å². The summed E-state index contributed by atoms with van der Waals surface area (Å²) in [5.41, 5.74) is -0.815. The van der Waals surface area contributed by atoms with Crippen molar-refractivity contribution in [2.24, 2.45) is 0 Å². The highest BCUT2D eigenvalue weighted by molar-refractivity contribution is 7.89. The molecule has 4 rings (SSSR count). The first-order valence-corrected chi connectivity index (χ1v) is 17.0. The van der Waals surface area contributed by atoms with Gasteiger partial charge in [0.2, 0.25) is 5.91 Å². The molecule has 0 aliphatic carbocycles. The molecule has 0 unspecified atom stereocenters. The molecule has 0 fully saturated rings. The van der Waals surface area contributed by atoms with Gasteiger partial charge < -0.3 is 5.32 Å². The van der Waals surface area contributed by atoms with Gasteiger partial charge >= 0.3 is 0 Å². The molecule has 0 saturated carbocycles. The van der Waals surface area contributed by atoms with E-state index < -0.39 is 71.5 Å². The number of nitrogens with one attached hydrogen (secondary N) is 1. The molecule has 0 heterocycles. The van der Waals surface area contributed by atoms with Crippen molar-refractivity contribution in [1.82, 2.24) is 0 Å². The Balaban J connectivity index is 2.13. The van der Waals surface area contributed by atoms with E-state index in [2.05, 4.69) is 5.32 Å². The third-order valence-electron chi connectivity index (χ3n) is 5.91. The molecule has 222 valence electrons. The molecular weight excluding hydrogens is 639 g/mol. The summed E-state index contributed by atoms with van der Waals surface area (Å²) < 4.78 is 135. The fourth-order valence-electron chi connectivity index (χ4n) is 4.41.